The maximum atomic E-state index is 13.3. The van der Waals surface area contributed by atoms with Crippen LogP contribution in [-0.4, -0.2) is 55.5 Å². The number of ether oxygens (including phenoxy) is 1. The molecule has 0 saturated heterocycles. The van der Waals surface area contributed by atoms with Gasteiger partial charge in [-0.05, 0) is 73.2 Å². The Morgan fingerprint density at radius 2 is 1.86 bits per heavy atom. The summed E-state index contributed by atoms with van der Waals surface area (Å²) in [5, 5.41) is 2.91. The first-order valence-electron chi connectivity index (χ1n) is 12.8. The first-order valence-corrected chi connectivity index (χ1v) is 14.2. The highest BCUT2D eigenvalue weighted by molar-refractivity contribution is 7.98. The third kappa shape index (κ3) is 8.39. The van der Waals surface area contributed by atoms with Crippen molar-refractivity contribution in [3.8, 4) is 11.1 Å². The van der Waals surface area contributed by atoms with Crippen LogP contribution in [0, 0.1) is 5.92 Å². The van der Waals surface area contributed by atoms with E-state index in [1.54, 1.807) is 11.8 Å². The molecule has 1 saturated carbocycles. The van der Waals surface area contributed by atoms with E-state index in [2.05, 4.69) is 23.3 Å². The van der Waals surface area contributed by atoms with Crippen LogP contribution in [0.25, 0.3) is 11.1 Å². The van der Waals surface area contributed by atoms with Gasteiger partial charge in [-0.25, -0.2) is 4.79 Å². The summed E-state index contributed by atoms with van der Waals surface area (Å²) in [4.78, 5) is 27.9. The minimum atomic E-state index is -0.658. The lowest BCUT2D eigenvalue weighted by Crippen LogP contribution is -2.42. The molecule has 1 fully saturated rings. The first-order chi connectivity index (χ1) is 17.0. The third-order valence-corrected chi connectivity index (χ3v) is 7.56. The highest BCUT2D eigenvalue weighted by atomic mass is 32.2. The van der Waals surface area contributed by atoms with E-state index in [4.69, 9.17) is 4.74 Å². The zero-order valence-electron chi connectivity index (χ0n) is 21.4. The number of amides is 1. The number of thioether (sulfide) groups is 1. The Bertz CT molecular complexity index is 944. The summed E-state index contributed by atoms with van der Waals surface area (Å²) in [6.45, 7) is 1.93. The van der Waals surface area contributed by atoms with Gasteiger partial charge in [0.15, 0.2) is 0 Å². The van der Waals surface area contributed by atoms with E-state index in [-0.39, 0.29) is 5.91 Å². The molecular weight excluding hydrogens is 456 g/mol. The molecule has 3 rings (SSSR count). The van der Waals surface area contributed by atoms with Gasteiger partial charge in [-0.15, -0.1) is 0 Å². The number of carbonyl (C=O) groups excluding carboxylic acids is 2. The highest BCUT2D eigenvalue weighted by Gasteiger charge is 2.23. The van der Waals surface area contributed by atoms with Crippen molar-refractivity contribution in [1.29, 1.82) is 0 Å². The van der Waals surface area contributed by atoms with Crippen LogP contribution in [0.3, 0.4) is 0 Å². The summed E-state index contributed by atoms with van der Waals surface area (Å²) in [5.41, 5.74) is 3.62. The van der Waals surface area contributed by atoms with Crippen molar-refractivity contribution < 1.29 is 14.3 Å². The molecule has 190 valence electrons. The minimum Gasteiger partial charge on any atom is -0.467 e. The first kappa shape index (κ1) is 27.3. The number of nitrogens with zero attached hydrogens (tertiary/aromatic N) is 1. The number of hydrogen-bond donors (Lipinski definition) is 1. The van der Waals surface area contributed by atoms with Crippen molar-refractivity contribution >= 4 is 23.6 Å². The topological polar surface area (TPSA) is 58.6 Å². The monoisotopic (exact) mass is 496 g/mol. The van der Waals surface area contributed by atoms with Gasteiger partial charge < -0.3 is 15.0 Å². The summed E-state index contributed by atoms with van der Waals surface area (Å²) in [7, 11) is 3.54. The molecule has 1 amide bonds. The van der Waals surface area contributed by atoms with Gasteiger partial charge in [0.05, 0.1) is 7.11 Å². The van der Waals surface area contributed by atoms with Crippen LogP contribution in [0.2, 0.25) is 0 Å². The number of methoxy groups -OCH3 is 1. The molecule has 0 unspecified atom stereocenters. The molecule has 6 heteroatoms. The SMILES string of the molecule is COC(=O)[C@H](CCSC)NC(=O)c1ccc(CN(C)CCC2CCCCC2)cc1-c1ccccc1. The second kappa shape index (κ2) is 14.3. The summed E-state index contributed by atoms with van der Waals surface area (Å²) in [6.07, 6.45) is 10.7. The molecule has 0 spiro atoms. The van der Waals surface area contributed by atoms with E-state index >= 15 is 0 Å². The average molecular weight is 497 g/mol. The molecule has 0 radical (unpaired) electrons. The molecule has 1 N–H and O–H groups in total. The van der Waals surface area contributed by atoms with Crippen LogP contribution in [0.15, 0.2) is 48.5 Å². The normalized spacial score (nSPS) is 15.1. The van der Waals surface area contributed by atoms with Crippen LogP contribution in [-0.2, 0) is 16.1 Å². The zero-order chi connectivity index (χ0) is 25.0. The van der Waals surface area contributed by atoms with Gasteiger partial charge in [0.1, 0.15) is 6.04 Å². The van der Waals surface area contributed by atoms with Crippen molar-refractivity contribution in [3.05, 3.63) is 59.7 Å². The summed E-state index contributed by atoms with van der Waals surface area (Å²) in [5.74, 6) is 0.964. The van der Waals surface area contributed by atoms with Crippen LogP contribution >= 0.6 is 11.8 Å². The molecule has 1 aliphatic rings. The average Bonchev–Trinajstić information content (AvgIpc) is 2.90. The van der Waals surface area contributed by atoms with Crippen LogP contribution in [0.1, 0.15) is 60.9 Å². The molecule has 0 heterocycles. The molecule has 0 bridgehead atoms. The smallest absolute Gasteiger partial charge is 0.328 e. The predicted molar refractivity (Wildman–Crippen MR) is 146 cm³/mol. The number of benzene rings is 2. The fourth-order valence-corrected chi connectivity index (χ4v) is 5.35. The van der Waals surface area contributed by atoms with Crippen LogP contribution in [0.5, 0.6) is 0 Å². The number of esters is 1. The fourth-order valence-electron chi connectivity index (χ4n) is 4.88. The third-order valence-electron chi connectivity index (χ3n) is 6.91. The Kier molecular flexibility index (Phi) is 11.1. The maximum Gasteiger partial charge on any atom is 0.328 e. The van der Waals surface area contributed by atoms with E-state index in [1.807, 2.05) is 48.7 Å². The molecule has 5 nitrogen and oxygen atoms in total. The van der Waals surface area contributed by atoms with Gasteiger partial charge in [-0.3, -0.25) is 4.79 Å². The minimum absolute atomic E-state index is 0.252. The summed E-state index contributed by atoms with van der Waals surface area (Å²) in [6, 6.07) is 15.4. The standard InChI is InChI=1S/C29H40N2O3S/c1-31(18-16-22-10-6-4-7-11-22)21-23-14-15-25(26(20-23)24-12-8-5-9-13-24)28(32)30-27(17-19-35-3)29(33)34-2/h5,8-9,12-15,20,22,27H,4,6-7,10-11,16-19,21H2,1-3H3,(H,30,32)/t27-/m0/s1. The van der Waals surface area contributed by atoms with E-state index < -0.39 is 12.0 Å². The predicted octanol–water partition coefficient (Wildman–Crippen LogP) is 5.78. The van der Waals surface area contributed by atoms with Crippen molar-refractivity contribution in [2.45, 2.75) is 57.5 Å². The molecule has 1 atom stereocenters. The lowest BCUT2D eigenvalue weighted by molar-refractivity contribution is -0.142. The van der Waals surface area contributed by atoms with Crippen molar-refractivity contribution in [3.63, 3.8) is 0 Å². The number of carbonyl (C=O) groups is 2. The highest BCUT2D eigenvalue weighted by Crippen LogP contribution is 2.28. The largest absolute Gasteiger partial charge is 0.467 e. The second-order valence-electron chi connectivity index (χ2n) is 9.61. The summed E-state index contributed by atoms with van der Waals surface area (Å²) < 4.78 is 4.92. The van der Waals surface area contributed by atoms with Crippen LogP contribution < -0.4 is 5.32 Å². The molecule has 2 aromatic carbocycles. The Labute approximate surface area is 215 Å². The lowest BCUT2D eigenvalue weighted by atomic mass is 9.87. The van der Waals surface area contributed by atoms with Crippen molar-refractivity contribution in [2.24, 2.45) is 5.92 Å². The quantitative estimate of drug-likeness (QED) is 0.378. The van der Waals surface area contributed by atoms with E-state index in [9.17, 15) is 9.59 Å². The molecule has 35 heavy (non-hydrogen) atoms. The Morgan fingerprint density at radius 3 is 2.54 bits per heavy atom. The number of nitrogens with one attached hydrogen (secondary N) is 1. The number of rotatable bonds is 12. The van der Waals surface area contributed by atoms with Gasteiger partial charge in [-0.1, -0.05) is 68.5 Å². The van der Waals surface area contributed by atoms with Crippen molar-refractivity contribution in [2.75, 3.05) is 32.7 Å². The van der Waals surface area contributed by atoms with E-state index in [1.165, 1.54) is 51.2 Å². The van der Waals surface area contributed by atoms with Gasteiger partial charge >= 0.3 is 5.97 Å². The van der Waals surface area contributed by atoms with E-state index in [0.717, 1.165) is 35.9 Å². The van der Waals surface area contributed by atoms with Gasteiger partial charge in [0.2, 0.25) is 0 Å². The summed E-state index contributed by atoms with van der Waals surface area (Å²) >= 11 is 1.64. The number of hydrogen-bond acceptors (Lipinski definition) is 5. The molecule has 0 aromatic heterocycles. The zero-order valence-corrected chi connectivity index (χ0v) is 22.2. The molecular formula is C29H40N2O3S. The van der Waals surface area contributed by atoms with Crippen LogP contribution in [0.4, 0.5) is 0 Å². The fraction of sp³-hybridized carbons (Fsp3) is 0.517. The Morgan fingerprint density at radius 1 is 1.11 bits per heavy atom. The Hall–Kier alpha value is -2.31. The second-order valence-corrected chi connectivity index (χ2v) is 10.6. The Balaban J connectivity index is 1.76. The van der Waals surface area contributed by atoms with Gasteiger partial charge in [0, 0.05) is 12.1 Å². The van der Waals surface area contributed by atoms with E-state index in [0.29, 0.717) is 12.0 Å². The van der Waals surface area contributed by atoms with Gasteiger partial charge in [-0.2, -0.15) is 11.8 Å². The van der Waals surface area contributed by atoms with Crippen molar-refractivity contribution in [1.82, 2.24) is 10.2 Å². The lowest BCUT2D eigenvalue weighted by Gasteiger charge is -2.25. The molecule has 0 aliphatic heterocycles. The molecule has 1 aliphatic carbocycles. The van der Waals surface area contributed by atoms with Gasteiger partial charge in [0.25, 0.3) is 5.91 Å². The molecule has 2 aromatic rings. The maximum absolute atomic E-state index is 13.3.